The fourth-order valence-electron chi connectivity index (χ4n) is 3.03. The highest BCUT2D eigenvalue weighted by Crippen LogP contribution is 2.29. The van der Waals surface area contributed by atoms with Crippen LogP contribution in [0.3, 0.4) is 0 Å². The van der Waals surface area contributed by atoms with E-state index in [0.717, 1.165) is 4.88 Å². The van der Waals surface area contributed by atoms with Crippen LogP contribution in [0.4, 0.5) is 0 Å². The smallest absolute Gasteiger partial charge is 0.339 e. The summed E-state index contributed by atoms with van der Waals surface area (Å²) in [6.45, 7) is 6.49. The van der Waals surface area contributed by atoms with Gasteiger partial charge in [-0.2, -0.15) is 5.10 Å². The summed E-state index contributed by atoms with van der Waals surface area (Å²) in [6, 6.07) is 5.59. The monoisotopic (exact) mass is 386 g/mol. The summed E-state index contributed by atoms with van der Waals surface area (Å²) in [7, 11) is 1.79. The molecule has 0 saturated heterocycles. The van der Waals surface area contributed by atoms with Crippen molar-refractivity contribution >= 4 is 34.2 Å². The molecule has 1 amide bonds. The number of carbonyl (C=O) groups excluding carboxylic acids is 2. The first-order valence-electron chi connectivity index (χ1n) is 8.79. The van der Waals surface area contributed by atoms with Gasteiger partial charge in [0.2, 0.25) is 0 Å². The molecule has 0 N–H and O–H groups in total. The third-order valence-electron chi connectivity index (χ3n) is 4.41. The Balaban J connectivity index is 1.97. The third-order valence-corrected chi connectivity index (χ3v) is 5.30. The van der Waals surface area contributed by atoms with Crippen molar-refractivity contribution in [3.8, 4) is 10.6 Å². The minimum absolute atomic E-state index is 0.208. The first-order chi connectivity index (χ1) is 13.0. The first kappa shape index (κ1) is 19.0. The van der Waals surface area contributed by atoms with E-state index in [4.69, 9.17) is 4.74 Å². The molecule has 8 heteroatoms. The van der Waals surface area contributed by atoms with Gasteiger partial charge >= 0.3 is 5.97 Å². The zero-order valence-electron chi connectivity index (χ0n) is 15.9. The van der Waals surface area contributed by atoms with Crippen molar-refractivity contribution in [3.63, 3.8) is 0 Å². The number of esters is 1. The molecule has 3 heterocycles. The van der Waals surface area contributed by atoms with Crippen LogP contribution in [0.15, 0.2) is 23.6 Å². The van der Waals surface area contributed by atoms with Crippen LogP contribution in [0, 0.1) is 6.92 Å². The van der Waals surface area contributed by atoms with Gasteiger partial charge in [-0.1, -0.05) is 6.07 Å². The summed E-state index contributed by atoms with van der Waals surface area (Å²) in [5.41, 5.74) is 2.36. The SMILES string of the molecule is CCN(CC)C(=O)COC(=O)c1cc(-c2cccs2)nc2c1c(C)nn2C. The zero-order valence-corrected chi connectivity index (χ0v) is 16.7. The van der Waals surface area contributed by atoms with Gasteiger partial charge in [0.1, 0.15) is 0 Å². The summed E-state index contributed by atoms with van der Waals surface area (Å²) in [5, 5.41) is 6.99. The molecule has 0 unspecified atom stereocenters. The van der Waals surface area contributed by atoms with Crippen molar-refractivity contribution in [2.24, 2.45) is 7.05 Å². The summed E-state index contributed by atoms with van der Waals surface area (Å²) < 4.78 is 6.98. The summed E-state index contributed by atoms with van der Waals surface area (Å²) in [6.07, 6.45) is 0. The van der Waals surface area contributed by atoms with Crippen LogP contribution in [0.2, 0.25) is 0 Å². The number of thiophene rings is 1. The Morgan fingerprint density at radius 1 is 1.30 bits per heavy atom. The van der Waals surface area contributed by atoms with Gasteiger partial charge in [0.15, 0.2) is 12.3 Å². The van der Waals surface area contributed by atoms with Gasteiger partial charge in [0.25, 0.3) is 5.91 Å². The molecule has 3 aromatic heterocycles. The fourth-order valence-corrected chi connectivity index (χ4v) is 3.72. The lowest BCUT2D eigenvalue weighted by Gasteiger charge is -2.18. The fraction of sp³-hybridized carbons (Fsp3) is 0.368. The minimum Gasteiger partial charge on any atom is -0.452 e. The topological polar surface area (TPSA) is 77.3 Å². The van der Waals surface area contributed by atoms with Crippen LogP contribution in [0.25, 0.3) is 21.6 Å². The number of rotatable bonds is 6. The van der Waals surface area contributed by atoms with E-state index >= 15 is 0 Å². The van der Waals surface area contributed by atoms with Crippen molar-refractivity contribution in [2.75, 3.05) is 19.7 Å². The van der Waals surface area contributed by atoms with E-state index in [9.17, 15) is 9.59 Å². The number of ether oxygens (including phenoxy) is 1. The highest BCUT2D eigenvalue weighted by molar-refractivity contribution is 7.13. The van der Waals surface area contributed by atoms with Crippen LogP contribution >= 0.6 is 11.3 Å². The van der Waals surface area contributed by atoms with Gasteiger partial charge < -0.3 is 9.64 Å². The molecule has 142 valence electrons. The molecule has 3 rings (SSSR count). The molecule has 27 heavy (non-hydrogen) atoms. The number of hydrogen-bond donors (Lipinski definition) is 0. The van der Waals surface area contributed by atoms with E-state index in [1.807, 2.05) is 38.3 Å². The Labute approximate surface area is 161 Å². The number of fused-ring (bicyclic) bond motifs is 1. The number of pyridine rings is 1. The van der Waals surface area contributed by atoms with E-state index in [1.165, 1.54) is 0 Å². The molecule has 3 aromatic rings. The number of aryl methyl sites for hydroxylation is 2. The number of amides is 1. The highest BCUT2D eigenvalue weighted by Gasteiger charge is 2.22. The maximum atomic E-state index is 12.8. The second kappa shape index (κ2) is 7.87. The number of carbonyl (C=O) groups is 2. The average molecular weight is 386 g/mol. The molecule has 0 spiro atoms. The summed E-state index contributed by atoms with van der Waals surface area (Å²) in [4.78, 5) is 32.2. The van der Waals surface area contributed by atoms with Gasteiger partial charge in [-0.25, -0.2) is 9.78 Å². The largest absolute Gasteiger partial charge is 0.452 e. The van der Waals surface area contributed by atoms with E-state index in [1.54, 1.807) is 34.0 Å². The molecule has 0 radical (unpaired) electrons. The van der Waals surface area contributed by atoms with Crippen LogP contribution in [0.5, 0.6) is 0 Å². The van der Waals surface area contributed by atoms with Gasteiger partial charge in [0.05, 0.1) is 27.2 Å². The molecule has 7 nitrogen and oxygen atoms in total. The molecule has 0 saturated carbocycles. The lowest BCUT2D eigenvalue weighted by Crippen LogP contribution is -2.34. The molecule has 0 bridgehead atoms. The van der Waals surface area contributed by atoms with Gasteiger partial charge in [-0.05, 0) is 38.3 Å². The Kier molecular flexibility index (Phi) is 5.55. The molecule has 0 aliphatic heterocycles. The molecular weight excluding hydrogens is 364 g/mol. The number of nitrogens with zero attached hydrogens (tertiary/aromatic N) is 4. The van der Waals surface area contributed by atoms with Crippen LogP contribution in [-0.2, 0) is 16.6 Å². The van der Waals surface area contributed by atoms with Crippen molar-refractivity contribution in [2.45, 2.75) is 20.8 Å². The number of likely N-dealkylation sites (N-methyl/N-ethyl adjacent to an activating group) is 1. The normalized spacial score (nSPS) is 11.0. The maximum Gasteiger partial charge on any atom is 0.339 e. The van der Waals surface area contributed by atoms with Crippen molar-refractivity contribution in [1.82, 2.24) is 19.7 Å². The quantitative estimate of drug-likeness (QED) is 0.609. The average Bonchev–Trinajstić information content (AvgIpc) is 3.29. The van der Waals surface area contributed by atoms with Crippen LogP contribution in [0.1, 0.15) is 29.9 Å². The minimum atomic E-state index is -0.545. The second-order valence-corrected chi connectivity index (χ2v) is 7.03. The Bertz CT molecular complexity index is 975. The predicted octanol–water partition coefficient (Wildman–Crippen LogP) is 3.03. The van der Waals surface area contributed by atoms with Crippen molar-refractivity contribution in [3.05, 3.63) is 34.8 Å². The number of hydrogen-bond acceptors (Lipinski definition) is 6. The van der Waals surface area contributed by atoms with Gasteiger partial charge in [-0.3, -0.25) is 9.48 Å². The lowest BCUT2D eigenvalue weighted by atomic mass is 10.1. The van der Waals surface area contributed by atoms with Crippen molar-refractivity contribution in [1.29, 1.82) is 0 Å². The van der Waals surface area contributed by atoms with Gasteiger partial charge in [-0.15, -0.1) is 11.3 Å². The lowest BCUT2D eigenvalue weighted by molar-refractivity contribution is -0.134. The molecular formula is C19H22N4O3S. The van der Waals surface area contributed by atoms with E-state index < -0.39 is 5.97 Å². The van der Waals surface area contributed by atoms with E-state index in [2.05, 4.69) is 10.1 Å². The number of aromatic nitrogens is 3. The summed E-state index contributed by atoms with van der Waals surface area (Å²) >= 11 is 1.54. The van der Waals surface area contributed by atoms with Crippen LogP contribution < -0.4 is 0 Å². The van der Waals surface area contributed by atoms with E-state index in [-0.39, 0.29) is 12.5 Å². The van der Waals surface area contributed by atoms with Crippen molar-refractivity contribution < 1.29 is 14.3 Å². The van der Waals surface area contributed by atoms with E-state index in [0.29, 0.717) is 41.1 Å². The third kappa shape index (κ3) is 3.71. The maximum absolute atomic E-state index is 12.8. The standard InChI is InChI=1S/C19H22N4O3S/c1-5-23(6-2)16(24)11-26-19(25)13-10-14(15-8-7-9-27-15)20-18-17(13)12(3)21-22(18)4/h7-10H,5-6,11H2,1-4H3. The molecule has 0 aromatic carbocycles. The Hall–Kier alpha value is -2.74. The summed E-state index contributed by atoms with van der Waals surface area (Å²) in [5.74, 6) is -0.753. The highest BCUT2D eigenvalue weighted by atomic mass is 32.1. The molecule has 0 atom stereocenters. The van der Waals surface area contributed by atoms with Gasteiger partial charge in [0, 0.05) is 20.1 Å². The first-order valence-corrected chi connectivity index (χ1v) is 9.67. The van der Waals surface area contributed by atoms with Crippen LogP contribution in [-0.4, -0.2) is 51.2 Å². The Morgan fingerprint density at radius 3 is 2.67 bits per heavy atom. The Morgan fingerprint density at radius 2 is 2.04 bits per heavy atom. The molecule has 0 fully saturated rings. The molecule has 0 aliphatic rings. The zero-order chi connectivity index (χ0) is 19.6. The molecule has 0 aliphatic carbocycles. The second-order valence-electron chi connectivity index (χ2n) is 6.08. The predicted molar refractivity (Wildman–Crippen MR) is 105 cm³/mol.